The molecule has 0 atom stereocenters. The second-order valence-corrected chi connectivity index (χ2v) is 9.05. The largest absolute Gasteiger partial charge is 0.377 e. The van der Waals surface area contributed by atoms with Crippen molar-refractivity contribution in [2.45, 2.75) is 31.6 Å². The van der Waals surface area contributed by atoms with Crippen molar-refractivity contribution in [1.82, 2.24) is 0 Å². The van der Waals surface area contributed by atoms with Crippen LogP contribution in [0.25, 0.3) is 0 Å². The number of thiophene rings is 1. The van der Waals surface area contributed by atoms with E-state index in [0.717, 1.165) is 11.3 Å². The first-order valence-electron chi connectivity index (χ1n) is 7.23. The molecule has 0 saturated heterocycles. The van der Waals surface area contributed by atoms with E-state index in [9.17, 15) is 16.8 Å². The van der Waals surface area contributed by atoms with Crippen LogP contribution in [0.4, 0.5) is 0 Å². The molecule has 0 aliphatic rings. The molecular weight excluding hydrogens is 372 g/mol. The van der Waals surface area contributed by atoms with Crippen molar-refractivity contribution in [2.75, 3.05) is 5.75 Å². The standard InChI is InChI=1S/C15H18O6S3/c1-3-4-9-23(16,17)20-13-10-22-11-14(13)21-24(18,19)15-8-6-5-7-12(15)2/h5-8,10-11H,3-4,9H2,1-2H3. The quantitative estimate of drug-likeness (QED) is 0.643. The maximum atomic E-state index is 12.4. The molecule has 24 heavy (non-hydrogen) atoms. The number of aryl methyl sites for hydroxylation is 1. The Bertz CT molecular complexity index is 897. The lowest BCUT2D eigenvalue weighted by Gasteiger charge is -2.10. The lowest BCUT2D eigenvalue weighted by Crippen LogP contribution is -2.15. The molecule has 1 heterocycles. The Labute approximate surface area is 146 Å². The highest BCUT2D eigenvalue weighted by atomic mass is 32.2. The van der Waals surface area contributed by atoms with Gasteiger partial charge >= 0.3 is 20.2 Å². The molecule has 1 aromatic heterocycles. The van der Waals surface area contributed by atoms with Gasteiger partial charge in [-0.2, -0.15) is 16.8 Å². The van der Waals surface area contributed by atoms with Gasteiger partial charge in [0.2, 0.25) is 0 Å². The van der Waals surface area contributed by atoms with Gasteiger partial charge in [0.1, 0.15) is 4.90 Å². The zero-order chi connectivity index (χ0) is 17.8. The van der Waals surface area contributed by atoms with Crippen LogP contribution in [-0.4, -0.2) is 22.6 Å². The highest BCUT2D eigenvalue weighted by Crippen LogP contribution is 2.35. The van der Waals surface area contributed by atoms with Crippen molar-refractivity contribution in [2.24, 2.45) is 0 Å². The SMILES string of the molecule is CCCCS(=O)(=O)Oc1cscc1OS(=O)(=O)c1ccccc1C. The number of unbranched alkanes of at least 4 members (excludes halogenated alkanes) is 1. The van der Waals surface area contributed by atoms with Crippen LogP contribution in [0.2, 0.25) is 0 Å². The van der Waals surface area contributed by atoms with Crippen molar-refractivity contribution in [3.63, 3.8) is 0 Å². The Morgan fingerprint density at radius 2 is 1.62 bits per heavy atom. The molecule has 0 N–H and O–H groups in total. The van der Waals surface area contributed by atoms with Gasteiger partial charge < -0.3 is 8.37 Å². The average Bonchev–Trinajstić information content (AvgIpc) is 2.91. The summed E-state index contributed by atoms with van der Waals surface area (Å²) in [6.07, 6.45) is 1.17. The highest BCUT2D eigenvalue weighted by molar-refractivity contribution is 7.87. The molecule has 0 radical (unpaired) electrons. The summed E-state index contributed by atoms with van der Waals surface area (Å²) < 4.78 is 58.6. The fourth-order valence-corrected chi connectivity index (χ4v) is 4.95. The second kappa shape index (κ2) is 7.54. The number of benzene rings is 1. The first-order chi connectivity index (χ1) is 11.2. The van der Waals surface area contributed by atoms with Crippen molar-refractivity contribution < 1.29 is 25.2 Å². The number of hydrogen-bond donors (Lipinski definition) is 0. The van der Waals surface area contributed by atoms with E-state index in [-0.39, 0.29) is 22.1 Å². The summed E-state index contributed by atoms with van der Waals surface area (Å²) in [7, 11) is -7.86. The molecule has 0 aliphatic carbocycles. The van der Waals surface area contributed by atoms with Crippen LogP contribution in [-0.2, 0) is 20.2 Å². The van der Waals surface area contributed by atoms with Crippen LogP contribution < -0.4 is 8.37 Å². The smallest absolute Gasteiger partial charge is 0.339 e. The van der Waals surface area contributed by atoms with Gasteiger partial charge in [-0.1, -0.05) is 31.5 Å². The molecule has 0 saturated carbocycles. The lowest BCUT2D eigenvalue weighted by atomic mass is 10.2. The zero-order valence-electron chi connectivity index (χ0n) is 13.3. The summed E-state index contributed by atoms with van der Waals surface area (Å²) >= 11 is 1.09. The molecule has 2 rings (SSSR count). The van der Waals surface area contributed by atoms with Gasteiger partial charge in [-0.3, -0.25) is 0 Å². The Morgan fingerprint density at radius 1 is 1.00 bits per heavy atom. The van der Waals surface area contributed by atoms with Crippen molar-refractivity contribution in [3.8, 4) is 11.5 Å². The predicted octanol–water partition coefficient (Wildman–Crippen LogP) is 3.33. The van der Waals surface area contributed by atoms with E-state index >= 15 is 0 Å². The van der Waals surface area contributed by atoms with E-state index in [1.54, 1.807) is 25.1 Å². The minimum atomic E-state index is -4.08. The maximum Gasteiger partial charge on any atom is 0.339 e. The third-order valence-electron chi connectivity index (χ3n) is 3.12. The van der Waals surface area contributed by atoms with Gasteiger partial charge in [0, 0.05) is 10.8 Å². The van der Waals surface area contributed by atoms with Gasteiger partial charge in [0.15, 0.2) is 11.5 Å². The van der Waals surface area contributed by atoms with Crippen LogP contribution >= 0.6 is 11.3 Å². The van der Waals surface area contributed by atoms with Crippen molar-refractivity contribution in [1.29, 1.82) is 0 Å². The molecular formula is C15H18O6S3. The molecule has 0 amide bonds. The van der Waals surface area contributed by atoms with Gasteiger partial charge in [-0.25, -0.2) is 0 Å². The first kappa shape index (κ1) is 18.8. The Kier molecular flexibility index (Phi) is 5.89. The average molecular weight is 391 g/mol. The van der Waals surface area contributed by atoms with Gasteiger partial charge in [-0.15, -0.1) is 11.3 Å². The zero-order valence-corrected chi connectivity index (χ0v) is 15.7. The van der Waals surface area contributed by atoms with E-state index in [0.29, 0.717) is 18.4 Å². The fraction of sp³-hybridized carbons (Fsp3) is 0.333. The predicted molar refractivity (Wildman–Crippen MR) is 92.6 cm³/mol. The molecule has 2 aromatic rings. The highest BCUT2D eigenvalue weighted by Gasteiger charge is 2.23. The second-order valence-electron chi connectivity index (χ2n) is 5.10. The van der Waals surface area contributed by atoms with E-state index < -0.39 is 20.2 Å². The topological polar surface area (TPSA) is 86.7 Å². The molecule has 9 heteroatoms. The van der Waals surface area contributed by atoms with Gasteiger partial charge in [0.25, 0.3) is 0 Å². The van der Waals surface area contributed by atoms with Crippen LogP contribution in [0.3, 0.4) is 0 Å². The number of hydrogen-bond acceptors (Lipinski definition) is 7. The molecule has 1 aromatic carbocycles. The molecule has 132 valence electrons. The molecule has 0 spiro atoms. The van der Waals surface area contributed by atoms with Crippen LogP contribution in [0.5, 0.6) is 11.5 Å². The molecule has 6 nitrogen and oxygen atoms in total. The normalized spacial score (nSPS) is 12.1. The van der Waals surface area contributed by atoms with Crippen molar-refractivity contribution >= 4 is 31.6 Å². The maximum absolute atomic E-state index is 12.4. The summed E-state index contributed by atoms with van der Waals surface area (Å²) in [5.74, 6) is -0.389. The van der Waals surface area contributed by atoms with Gasteiger partial charge in [-0.05, 0) is 25.0 Å². The minimum absolute atomic E-state index is 0.0241. The fourth-order valence-electron chi connectivity index (χ4n) is 1.89. The molecule has 0 fully saturated rings. The van der Waals surface area contributed by atoms with E-state index in [4.69, 9.17) is 8.37 Å². The minimum Gasteiger partial charge on any atom is -0.377 e. The molecule has 0 aliphatic heterocycles. The third-order valence-corrected chi connectivity index (χ3v) is 6.44. The van der Waals surface area contributed by atoms with E-state index in [1.807, 2.05) is 6.92 Å². The summed E-state index contributed by atoms with van der Waals surface area (Å²) in [6, 6.07) is 6.38. The lowest BCUT2D eigenvalue weighted by molar-refractivity contribution is 0.450. The first-order valence-corrected chi connectivity index (χ1v) is 11.2. The van der Waals surface area contributed by atoms with Gasteiger partial charge in [0.05, 0.1) is 5.75 Å². The van der Waals surface area contributed by atoms with Crippen LogP contribution in [0.15, 0.2) is 39.9 Å². The molecule has 0 unspecified atom stereocenters. The Balaban J connectivity index is 2.24. The monoisotopic (exact) mass is 390 g/mol. The van der Waals surface area contributed by atoms with E-state index in [2.05, 4.69) is 0 Å². The summed E-state index contributed by atoms with van der Waals surface area (Å²) in [4.78, 5) is 0.0241. The van der Waals surface area contributed by atoms with E-state index in [1.165, 1.54) is 16.8 Å². The molecule has 0 bridgehead atoms. The summed E-state index contributed by atoms with van der Waals surface area (Å²) in [5.41, 5.74) is 0.533. The Morgan fingerprint density at radius 3 is 2.25 bits per heavy atom. The number of rotatable bonds is 8. The van der Waals surface area contributed by atoms with Crippen LogP contribution in [0.1, 0.15) is 25.3 Å². The summed E-state index contributed by atoms with van der Waals surface area (Å²) in [5, 5.41) is 2.78. The van der Waals surface area contributed by atoms with Crippen LogP contribution in [0, 0.1) is 6.92 Å². The van der Waals surface area contributed by atoms with Crippen molar-refractivity contribution in [3.05, 3.63) is 40.6 Å². The summed E-state index contributed by atoms with van der Waals surface area (Å²) in [6.45, 7) is 3.51. The third kappa shape index (κ3) is 4.71. The Hall–Kier alpha value is -1.58.